The average molecular weight is 303 g/mol. The molecule has 124 valence electrons. The highest BCUT2D eigenvalue weighted by molar-refractivity contribution is 5.16. The number of fused-ring (bicyclic) bond motifs is 5. The van der Waals surface area contributed by atoms with Crippen LogP contribution in [0.5, 0.6) is 0 Å². The van der Waals surface area contributed by atoms with Crippen LogP contribution in [0.15, 0.2) is 12.2 Å². The van der Waals surface area contributed by atoms with Crippen molar-refractivity contribution in [3.8, 4) is 0 Å². The Balaban J connectivity index is 1.67. The van der Waals surface area contributed by atoms with Gasteiger partial charge in [-0.1, -0.05) is 26.0 Å². The molecule has 22 heavy (non-hydrogen) atoms. The van der Waals surface area contributed by atoms with E-state index < -0.39 is 5.60 Å². The fraction of sp³-hybridized carbons (Fsp3) is 0.905. The molecule has 4 fully saturated rings. The zero-order chi connectivity index (χ0) is 15.8. The van der Waals surface area contributed by atoms with E-state index in [0.29, 0.717) is 5.41 Å². The van der Waals surface area contributed by atoms with Crippen molar-refractivity contribution in [1.29, 1.82) is 0 Å². The zero-order valence-electron chi connectivity index (χ0n) is 14.8. The van der Waals surface area contributed by atoms with Gasteiger partial charge in [-0.05, 0) is 99.2 Å². The molecular weight excluding hydrogens is 268 g/mol. The lowest BCUT2D eigenvalue weighted by atomic mass is 9.44. The van der Waals surface area contributed by atoms with E-state index in [1.165, 1.54) is 56.9 Å². The van der Waals surface area contributed by atoms with Crippen LogP contribution in [0.2, 0.25) is 0 Å². The molecule has 0 aromatic carbocycles. The van der Waals surface area contributed by atoms with Crippen LogP contribution in [0.3, 0.4) is 0 Å². The first-order valence-electron chi connectivity index (χ1n) is 9.67. The second-order valence-electron chi connectivity index (χ2n) is 9.89. The van der Waals surface area contributed by atoms with Crippen LogP contribution in [0.4, 0.5) is 0 Å². The van der Waals surface area contributed by atoms with Gasteiger partial charge in [0, 0.05) is 0 Å². The van der Waals surface area contributed by atoms with E-state index in [9.17, 15) is 5.11 Å². The van der Waals surface area contributed by atoms with Crippen LogP contribution in [0.25, 0.3) is 0 Å². The van der Waals surface area contributed by atoms with Crippen molar-refractivity contribution in [1.82, 2.24) is 0 Å². The van der Waals surface area contributed by atoms with Gasteiger partial charge >= 0.3 is 0 Å². The Kier molecular flexibility index (Phi) is 3.20. The van der Waals surface area contributed by atoms with Gasteiger partial charge in [0.25, 0.3) is 0 Å². The van der Waals surface area contributed by atoms with E-state index in [1.54, 1.807) is 0 Å². The maximum absolute atomic E-state index is 11.0. The smallest absolute Gasteiger partial charge is 0.0675 e. The van der Waals surface area contributed by atoms with Gasteiger partial charge in [0.05, 0.1) is 5.60 Å². The minimum Gasteiger partial charge on any atom is -0.390 e. The highest BCUT2D eigenvalue weighted by Crippen LogP contribution is 2.68. The van der Waals surface area contributed by atoms with Crippen molar-refractivity contribution in [2.24, 2.45) is 34.5 Å². The molecule has 0 radical (unpaired) electrons. The SMILES string of the molecule is C=C1CC[C@@H]2CC[C@H]3[C@H]4CC[C@](C)(O)[C@]4(C)CC[C@@H]3[C@]2(C)C1. The lowest BCUT2D eigenvalue weighted by Crippen LogP contribution is -2.55. The predicted molar refractivity (Wildman–Crippen MR) is 91.5 cm³/mol. The molecule has 0 heterocycles. The van der Waals surface area contributed by atoms with Gasteiger partial charge in [-0.2, -0.15) is 0 Å². The molecule has 0 unspecified atom stereocenters. The molecule has 0 aromatic heterocycles. The Morgan fingerprint density at radius 1 is 0.955 bits per heavy atom. The van der Waals surface area contributed by atoms with Gasteiger partial charge in [0.15, 0.2) is 0 Å². The van der Waals surface area contributed by atoms with E-state index in [0.717, 1.165) is 30.1 Å². The number of allylic oxidation sites excluding steroid dienone is 1. The van der Waals surface area contributed by atoms with Crippen molar-refractivity contribution in [2.75, 3.05) is 0 Å². The summed E-state index contributed by atoms with van der Waals surface area (Å²) in [6.45, 7) is 11.5. The molecule has 0 amide bonds. The minimum absolute atomic E-state index is 0.170. The highest BCUT2D eigenvalue weighted by atomic mass is 16.3. The first-order valence-corrected chi connectivity index (χ1v) is 9.67. The fourth-order valence-electron chi connectivity index (χ4n) is 7.53. The van der Waals surface area contributed by atoms with Crippen molar-refractivity contribution in [2.45, 2.75) is 84.2 Å². The first kappa shape index (κ1) is 15.2. The predicted octanol–water partition coefficient (Wildman–Crippen LogP) is 5.34. The summed E-state index contributed by atoms with van der Waals surface area (Å²) in [7, 11) is 0. The Labute approximate surface area is 136 Å². The standard InChI is InChI=1S/C21H34O/c1-14-5-6-15-7-8-16-17(19(15,2)13-14)9-11-20(3)18(16)10-12-21(20,4)22/h15-18,22H,1,5-13H2,2-4H3/t15-,16-,17+,18-,19-,20-,21+/m1/s1. The summed E-state index contributed by atoms with van der Waals surface area (Å²) < 4.78 is 0. The Morgan fingerprint density at radius 2 is 1.68 bits per heavy atom. The maximum atomic E-state index is 11.0. The molecule has 0 saturated heterocycles. The number of hydrogen-bond donors (Lipinski definition) is 1. The molecule has 4 aliphatic carbocycles. The van der Waals surface area contributed by atoms with Crippen molar-refractivity contribution >= 4 is 0 Å². The monoisotopic (exact) mass is 302 g/mol. The van der Waals surface area contributed by atoms with Crippen LogP contribution in [0, 0.1) is 34.5 Å². The highest BCUT2D eigenvalue weighted by Gasteiger charge is 2.62. The summed E-state index contributed by atoms with van der Waals surface area (Å²) in [6, 6.07) is 0. The van der Waals surface area contributed by atoms with Crippen molar-refractivity contribution < 1.29 is 5.11 Å². The lowest BCUT2D eigenvalue weighted by molar-refractivity contribution is -0.141. The molecule has 1 heteroatoms. The molecule has 7 atom stereocenters. The van der Waals surface area contributed by atoms with Crippen LogP contribution in [-0.2, 0) is 0 Å². The largest absolute Gasteiger partial charge is 0.390 e. The van der Waals surface area contributed by atoms with Gasteiger partial charge in [-0.3, -0.25) is 0 Å². The van der Waals surface area contributed by atoms with Crippen molar-refractivity contribution in [3.05, 3.63) is 12.2 Å². The van der Waals surface area contributed by atoms with Gasteiger partial charge in [0.2, 0.25) is 0 Å². The van der Waals surface area contributed by atoms with Crippen LogP contribution in [-0.4, -0.2) is 10.7 Å². The summed E-state index contributed by atoms with van der Waals surface area (Å²) in [5.41, 5.74) is 1.75. The molecular formula is C21H34O. The van der Waals surface area contributed by atoms with E-state index in [-0.39, 0.29) is 5.41 Å². The van der Waals surface area contributed by atoms with Crippen LogP contribution >= 0.6 is 0 Å². The molecule has 4 rings (SSSR count). The number of rotatable bonds is 0. The van der Waals surface area contributed by atoms with Crippen LogP contribution < -0.4 is 0 Å². The lowest BCUT2D eigenvalue weighted by Gasteiger charge is -2.61. The van der Waals surface area contributed by atoms with Gasteiger partial charge < -0.3 is 5.11 Å². The van der Waals surface area contributed by atoms with Gasteiger partial charge in [-0.25, -0.2) is 0 Å². The normalized spacial score (nSPS) is 57.9. The quantitative estimate of drug-likeness (QED) is 0.599. The molecule has 0 aliphatic heterocycles. The zero-order valence-corrected chi connectivity index (χ0v) is 14.8. The third kappa shape index (κ3) is 1.81. The third-order valence-corrected chi connectivity index (χ3v) is 9.10. The first-order chi connectivity index (χ1) is 10.3. The fourth-order valence-corrected chi connectivity index (χ4v) is 7.53. The van der Waals surface area contributed by atoms with Gasteiger partial charge in [-0.15, -0.1) is 0 Å². The topological polar surface area (TPSA) is 20.2 Å². The van der Waals surface area contributed by atoms with E-state index in [2.05, 4.69) is 27.4 Å². The van der Waals surface area contributed by atoms with Crippen molar-refractivity contribution in [3.63, 3.8) is 0 Å². The van der Waals surface area contributed by atoms with Gasteiger partial charge in [0.1, 0.15) is 0 Å². The maximum Gasteiger partial charge on any atom is 0.0675 e. The molecule has 0 aromatic rings. The second-order valence-corrected chi connectivity index (χ2v) is 9.89. The average Bonchev–Trinajstić information content (AvgIpc) is 2.68. The molecule has 0 spiro atoms. The van der Waals surface area contributed by atoms with E-state index in [4.69, 9.17) is 0 Å². The summed E-state index contributed by atoms with van der Waals surface area (Å²) in [5, 5.41) is 11.0. The Morgan fingerprint density at radius 3 is 2.45 bits per heavy atom. The summed E-state index contributed by atoms with van der Waals surface area (Å²) in [6.07, 6.45) is 11.6. The molecule has 4 saturated carbocycles. The molecule has 0 bridgehead atoms. The minimum atomic E-state index is -0.434. The summed E-state index contributed by atoms with van der Waals surface area (Å²) in [5.74, 6) is 3.44. The Hall–Kier alpha value is -0.300. The summed E-state index contributed by atoms with van der Waals surface area (Å²) >= 11 is 0. The summed E-state index contributed by atoms with van der Waals surface area (Å²) in [4.78, 5) is 0. The number of aliphatic hydroxyl groups is 1. The third-order valence-electron chi connectivity index (χ3n) is 9.10. The molecule has 4 aliphatic rings. The van der Waals surface area contributed by atoms with E-state index in [1.807, 2.05) is 0 Å². The molecule has 1 nitrogen and oxygen atoms in total. The van der Waals surface area contributed by atoms with Crippen LogP contribution in [0.1, 0.15) is 78.6 Å². The second kappa shape index (κ2) is 4.62. The Bertz CT molecular complexity index is 492. The number of hydrogen-bond acceptors (Lipinski definition) is 1. The molecule has 1 N–H and O–H groups in total. The van der Waals surface area contributed by atoms with E-state index >= 15 is 0 Å².